The lowest BCUT2D eigenvalue weighted by atomic mass is 10.0. The van der Waals surface area contributed by atoms with E-state index in [0.29, 0.717) is 31.5 Å². The Kier molecular flexibility index (Phi) is 4.69. The largest absolute Gasteiger partial charge is 0.122 e. The van der Waals surface area contributed by atoms with Crippen molar-refractivity contribution in [2.45, 2.75) is 5.88 Å². The van der Waals surface area contributed by atoms with E-state index >= 15 is 0 Å². The molecule has 0 heterocycles. The van der Waals surface area contributed by atoms with Crippen LogP contribution in [-0.4, -0.2) is 0 Å². The fraction of sp³-hybridized carbons (Fsp3) is 0.0769. The van der Waals surface area contributed by atoms with Gasteiger partial charge >= 0.3 is 0 Å². The second-order valence-electron chi connectivity index (χ2n) is 3.73. The number of halogens is 5. The molecule has 0 radical (unpaired) electrons. The summed E-state index contributed by atoms with van der Waals surface area (Å²) in [5.74, 6) is 0.371. The summed E-state index contributed by atoms with van der Waals surface area (Å²) in [5.41, 5.74) is 2.43. The number of hydrogen-bond donors (Lipinski definition) is 0. The molecule has 0 unspecified atom stereocenters. The zero-order valence-electron chi connectivity index (χ0n) is 8.98. The zero-order chi connectivity index (χ0) is 13.3. The number of rotatable bonds is 2. The average Bonchev–Trinajstić information content (AvgIpc) is 2.26. The molecule has 0 bridgehead atoms. The summed E-state index contributed by atoms with van der Waals surface area (Å²) in [4.78, 5) is 0. The van der Waals surface area contributed by atoms with Crippen LogP contribution in [0.1, 0.15) is 5.56 Å². The van der Waals surface area contributed by atoms with Crippen molar-refractivity contribution in [1.29, 1.82) is 0 Å². The monoisotopic (exact) mass is 338 g/mol. The Bertz CT molecular complexity index is 569. The van der Waals surface area contributed by atoms with E-state index in [1.54, 1.807) is 24.3 Å². The van der Waals surface area contributed by atoms with Crippen molar-refractivity contribution in [2.24, 2.45) is 0 Å². The van der Waals surface area contributed by atoms with E-state index in [1.165, 1.54) is 0 Å². The molecule has 5 heteroatoms. The van der Waals surface area contributed by atoms with Crippen molar-refractivity contribution in [3.63, 3.8) is 0 Å². The molecule has 18 heavy (non-hydrogen) atoms. The molecular formula is C13H7Cl5. The topological polar surface area (TPSA) is 0 Å². The van der Waals surface area contributed by atoms with Gasteiger partial charge in [-0.15, -0.1) is 11.6 Å². The molecule has 2 rings (SSSR count). The van der Waals surface area contributed by atoms with E-state index in [2.05, 4.69) is 0 Å². The molecule has 0 amide bonds. The van der Waals surface area contributed by atoms with Gasteiger partial charge in [0.15, 0.2) is 0 Å². The maximum atomic E-state index is 6.17. The fourth-order valence-electron chi connectivity index (χ4n) is 1.69. The van der Waals surface area contributed by atoms with Crippen molar-refractivity contribution in [3.8, 4) is 11.1 Å². The Hall–Kier alpha value is -0.110. The first-order valence-corrected chi connectivity index (χ1v) is 7.06. The standard InChI is InChI=1S/C13H7Cl5/c14-6-7-1-8(3-9(15)2-7)13-11(17)4-10(16)5-12(13)18/h1-5H,6H2. The third-order valence-electron chi connectivity index (χ3n) is 2.41. The molecule has 0 atom stereocenters. The highest BCUT2D eigenvalue weighted by atomic mass is 35.5. The van der Waals surface area contributed by atoms with Crippen LogP contribution in [0, 0.1) is 0 Å². The second kappa shape index (κ2) is 5.90. The maximum Gasteiger partial charge on any atom is 0.0514 e. The quantitative estimate of drug-likeness (QED) is 0.533. The van der Waals surface area contributed by atoms with Gasteiger partial charge in [-0.25, -0.2) is 0 Å². The highest BCUT2D eigenvalue weighted by Gasteiger charge is 2.11. The third kappa shape index (κ3) is 3.07. The van der Waals surface area contributed by atoms with Gasteiger partial charge in [0.1, 0.15) is 0 Å². The van der Waals surface area contributed by atoms with Gasteiger partial charge in [0.05, 0.1) is 10.0 Å². The molecule has 0 nitrogen and oxygen atoms in total. The van der Waals surface area contributed by atoms with E-state index < -0.39 is 0 Å². The Morgan fingerprint density at radius 3 is 1.83 bits per heavy atom. The summed E-state index contributed by atoms with van der Waals surface area (Å²) in [6, 6.07) is 8.78. The number of benzene rings is 2. The molecular weight excluding hydrogens is 333 g/mol. The van der Waals surface area contributed by atoms with Crippen LogP contribution in [0.15, 0.2) is 30.3 Å². The summed E-state index contributed by atoms with van der Waals surface area (Å²) in [6.45, 7) is 0. The highest BCUT2D eigenvalue weighted by molar-refractivity contribution is 6.42. The zero-order valence-corrected chi connectivity index (χ0v) is 12.8. The lowest BCUT2D eigenvalue weighted by molar-refractivity contribution is 1.40. The Labute approximate surface area is 130 Å². The van der Waals surface area contributed by atoms with Gasteiger partial charge in [0, 0.05) is 21.5 Å². The van der Waals surface area contributed by atoms with E-state index in [-0.39, 0.29) is 0 Å². The Morgan fingerprint density at radius 2 is 1.28 bits per heavy atom. The van der Waals surface area contributed by atoms with Crippen LogP contribution >= 0.6 is 58.0 Å². The van der Waals surface area contributed by atoms with Crippen LogP contribution < -0.4 is 0 Å². The minimum absolute atomic E-state index is 0.371. The van der Waals surface area contributed by atoms with Crippen LogP contribution in [0.2, 0.25) is 20.1 Å². The summed E-state index contributed by atoms with van der Waals surface area (Å²) in [5, 5.41) is 2.05. The van der Waals surface area contributed by atoms with Crippen molar-refractivity contribution in [3.05, 3.63) is 56.0 Å². The molecule has 0 saturated carbocycles. The molecule has 2 aromatic rings. The van der Waals surface area contributed by atoms with Gasteiger partial charge in [-0.3, -0.25) is 0 Å². The molecule has 0 aliphatic heterocycles. The smallest absolute Gasteiger partial charge is 0.0514 e. The minimum atomic E-state index is 0.371. The maximum absolute atomic E-state index is 6.17. The van der Waals surface area contributed by atoms with E-state index in [4.69, 9.17) is 58.0 Å². The lowest BCUT2D eigenvalue weighted by Gasteiger charge is -2.10. The average molecular weight is 340 g/mol. The van der Waals surface area contributed by atoms with Crippen LogP contribution in [0.5, 0.6) is 0 Å². The first-order valence-electron chi connectivity index (χ1n) is 5.01. The van der Waals surface area contributed by atoms with Gasteiger partial charge in [0.2, 0.25) is 0 Å². The summed E-state index contributed by atoms with van der Waals surface area (Å²) < 4.78 is 0. The molecule has 0 aromatic heterocycles. The van der Waals surface area contributed by atoms with Gasteiger partial charge in [0.25, 0.3) is 0 Å². The summed E-state index contributed by atoms with van der Waals surface area (Å²) in [6.07, 6.45) is 0. The molecule has 0 aliphatic rings. The van der Waals surface area contributed by atoms with Crippen molar-refractivity contribution in [1.82, 2.24) is 0 Å². The van der Waals surface area contributed by atoms with E-state index in [0.717, 1.165) is 11.1 Å². The van der Waals surface area contributed by atoms with Gasteiger partial charge in [-0.2, -0.15) is 0 Å². The SMILES string of the molecule is ClCc1cc(Cl)cc(-c2c(Cl)cc(Cl)cc2Cl)c1. The number of hydrogen-bond acceptors (Lipinski definition) is 0. The summed E-state index contributed by atoms with van der Waals surface area (Å²) >= 11 is 30.1. The summed E-state index contributed by atoms with van der Waals surface area (Å²) in [7, 11) is 0. The molecule has 0 saturated heterocycles. The van der Waals surface area contributed by atoms with Crippen LogP contribution in [0.3, 0.4) is 0 Å². The molecule has 94 valence electrons. The predicted octanol–water partition coefficient (Wildman–Crippen LogP) is 6.71. The molecule has 0 aliphatic carbocycles. The molecule has 2 aromatic carbocycles. The van der Waals surface area contributed by atoms with Crippen LogP contribution in [-0.2, 0) is 5.88 Å². The normalized spacial score (nSPS) is 10.7. The van der Waals surface area contributed by atoms with E-state index in [1.807, 2.05) is 6.07 Å². The minimum Gasteiger partial charge on any atom is -0.122 e. The van der Waals surface area contributed by atoms with Gasteiger partial charge < -0.3 is 0 Å². The fourth-order valence-corrected chi connectivity index (χ4v) is 3.14. The second-order valence-corrected chi connectivity index (χ2v) is 5.68. The molecule has 0 N–H and O–H groups in total. The number of alkyl halides is 1. The Morgan fingerprint density at radius 1 is 0.722 bits per heavy atom. The molecule has 0 fully saturated rings. The lowest BCUT2D eigenvalue weighted by Crippen LogP contribution is -1.86. The van der Waals surface area contributed by atoms with Gasteiger partial charge in [-0.1, -0.05) is 46.4 Å². The predicted molar refractivity (Wildman–Crippen MR) is 81.5 cm³/mol. The van der Waals surface area contributed by atoms with Crippen LogP contribution in [0.4, 0.5) is 0 Å². The van der Waals surface area contributed by atoms with Crippen molar-refractivity contribution in [2.75, 3.05) is 0 Å². The molecule has 0 spiro atoms. The van der Waals surface area contributed by atoms with Crippen LogP contribution in [0.25, 0.3) is 11.1 Å². The first-order chi connectivity index (χ1) is 8.51. The first kappa shape index (κ1) is 14.3. The highest BCUT2D eigenvalue weighted by Crippen LogP contribution is 2.38. The van der Waals surface area contributed by atoms with Gasteiger partial charge in [-0.05, 0) is 41.5 Å². The third-order valence-corrected chi connectivity index (χ3v) is 3.75. The van der Waals surface area contributed by atoms with Crippen molar-refractivity contribution < 1.29 is 0 Å². The van der Waals surface area contributed by atoms with E-state index in [9.17, 15) is 0 Å². The Balaban J connectivity index is 2.65. The van der Waals surface area contributed by atoms with Crippen molar-refractivity contribution >= 4 is 58.0 Å².